The van der Waals surface area contributed by atoms with Crippen LogP contribution >= 0.6 is 27.4 Å². The fourth-order valence-electron chi connectivity index (χ4n) is 2.03. The smallest absolute Gasteiger partial charge is 0.200 e. The lowest BCUT2D eigenvalue weighted by molar-refractivity contribution is 0.360. The molecule has 2 aromatic rings. The number of halogens is 5. The van der Waals surface area contributed by atoms with E-state index in [1.165, 1.54) is 11.4 Å². The van der Waals surface area contributed by atoms with E-state index in [0.717, 1.165) is 5.56 Å². The summed E-state index contributed by atoms with van der Waals surface area (Å²) >= 11 is 6.91. The highest BCUT2D eigenvalue weighted by atomic mass is 33.2. The van der Waals surface area contributed by atoms with Crippen LogP contribution in [0.15, 0.2) is 35.2 Å². The topological polar surface area (TPSA) is 9.23 Å². The van der Waals surface area contributed by atoms with Gasteiger partial charge in [0, 0.05) is 0 Å². The van der Waals surface area contributed by atoms with Gasteiger partial charge in [0.05, 0.1) is 16.8 Å². The van der Waals surface area contributed by atoms with Gasteiger partial charge in [-0.15, -0.1) is 0 Å². The predicted octanol–water partition coefficient (Wildman–Crippen LogP) is 6.20. The molecule has 1 aliphatic heterocycles. The number of hydrogen-bond donors (Lipinski definition) is 0. The molecule has 1 fully saturated rings. The summed E-state index contributed by atoms with van der Waals surface area (Å²) in [5, 5.41) is -0.147. The molecule has 1 aliphatic rings. The van der Waals surface area contributed by atoms with E-state index in [0.29, 0.717) is 11.4 Å². The number of benzene rings is 2. The molecule has 1 nitrogen and oxygen atoms in total. The van der Waals surface area contributed by atoms with Gasteiger partial charge in [-0.05, 0) is 28.8 Å². The van der Waals surface area contributed by atoms with Crippen molar-refractivity contribution in [1.29, 1.82) is 0 Å². The molecule has 0 saturated carbocycles. The lowest BCUT2D eigenvalue weighted by Gasteiger charge is -2.15. The van der Waals surface area contributed by atoms with Crippen molar-refractivity contribution in [2.45, 2.75) is 10.1 Å². The molecule has 2 unspecified atom stereocenters. The Hall–Kier alpha value is -0.600. The average molecular weight is 414 g/mol. The molecule has 1 saturated heterocycles. The number of hydrogen-bond acceptors (Lipinski definition) is 4. The van der Waals surface area contributed by atoms with Crippen molar-refractivity contribution in [2.24, 2.45) is 0 Å². The van der Waals surface area contributed by atoms with E-state index in [9.17, 15) is 22.0 Å². The molecule has 10 heteroatoms. The van der Waals surface area contributed by atoms with Gasteiger partial charge in [0.25, 0.3) is 0 Å². The minimum absolute atomic E-state index is 0.147. The van der Waals surface area contributed by atoms with Crippen LogP contribution in [0.2, 0.25) is 0 Å². The SMILES string of the molecule is Fc1c(F)c(F)c(SP2(=S)OCC(c3ccccc3)S2)c(F)c1F. The zero-order chi connectivity index (χ0) is 17.5. The van der Waals surface area contributed by atoms with E-state index in [4.69, 9.17) is 16.3 Å². The minimum atomic E-state index is -2.89. The van der Waals surface area contributed by atoms with Crippen LogP contribution in [-0.4, -0.2) is 6.61 Å². The van der Waals surface area contributed by atoms with Crippen molar-refractivity contribution in [2.75, 3.05) is 6.61 Å². The lowest BCUT2D eigenvalue weighted by Crippen LogP contribution is -2.02. The largest absolute Gasteiger partial charge is 0.332 e. The molecule has 0 bridgehead atoms. The summed E-state index contributed by atoms with van der Waals surface area (Å²) in [5.41, 5.74) is 0.923. The second kappa shape index (κ2) is 6.96. The van der Waals surface area contributed by atoms with Crippen molar-refractivity contribution in [3.8, 4) is 0 Å². The van der Waals surface area contributed by atoms with Gasteiger partial charge in [-0.1, -0.05) is 41.7 Å². The average Bonchev–Trinajstić information content (AvgIpc) is 2.98. The molecular formula is C14H8F5OPS3. The van der Waals surface area contributed by atoms with Gasteiger partial charge < -0.3 is 4.52 Å². The maximum Gasteiger partial charge on any atom is 0.200 e. The fraction of sp³-hybridized carbons (Fsp3) is 0.143. The van der Waals surface area contributed by atoms with E-state index < -0.39 is 38.7 Å². The summed E-state index contributed by atoms with van der Waals surface area (Å²) in [4.78, 5) is -0.990. The summed E-state index contributed by atoms with van der Waals surface area (Å²) in [6, 6.07) is 9.21. The Labute approximate surface area is 147 Å². The minimum Gasteiger partial charge on any atom is -0.332 e. The van der Waals surface area contributed by atoms with Crippen LogP contribution in [0.5, 0.6) is 0 Å². The van der Waals surface area contributed by atoms with E-state index >= 15 is 0 Å². The van der Waals surface area contributed by atoms with Crippen molar-refractivity contribution in [3.63, 3.8) is 0 Å². The maximum atomic E-state index is 13.8. The van der Waals surface area contributed by atoms with E-state index in [-0.39, 0.29) is 11.9 Å². The molecule has 24 heavy (non-hydrogen) atoms. The van der Waals surface area contributed by atoms with Crippen LogP contribution < -0.4 is 0 Å². The van der Waals surface area contributed by atoms with E-state index in [2.05, 4.69) is 0 Å². The predicted molar refractivity (Wildman–Crippen MR) is 89.1 cm³/mol. The normalized spacial score (nSPS) is 23.6. The summed E-state index contributed by atoms with van der Waals surface area (Å²) in [6.45, 7) is 0.217. The van der Waals surface area contributed by atoms with Gasteiger partial charge in [-0.3, -0.25) is 0 Å². The molecule has 0 aliphatic carbocycles. The van der Waals surface area contributed by atoms with Gasteiger partial charge in [-0.2, -0.15) is 0 Å². The quantitative estimate of drug-likeness (QED) is 0.256. The summed E-state index contributed by atoms with van der Waals surface area (Å²) in [6.07, 6.45) is 0. The van der Waals surface area contributed by atoms with Gasteiger partial charge in [0.15, 0.2) is 27.9 Å². The molecule has 0 amide bonds. The zero-order valence-corrected chi connectivity index (χ0v) is 15.0. The Balaban J connectivity index is 1.89. The summed E-state index contributed by atoms with van der Waals surface area (Å²) < 4.78 is 69.9. The Morgan fingerprint density at radius 2 is 1.50 bits per heavy atom. The van der Waals surface area contributed by atoms with Gasteiger partial charge in [-0.25, -0.2) is 22.0 Å². The van der Waals surface area contributed by atoms with Crippen LogP contribution in [0.4, 0.5) is 22.0 Å². The third-order valence-corrected chi connectivity index (χ3v) is 11.9. The Morgan fingerprint density at radius 1 is 0.958 bits per heavy atom. The molecule has 3 rings (SSSR count). The third-order valence-electron chi connectivity index (χ3n) is 3.18. The van der Waals surface area contributed by atoms with Crippen molar-refractivity contribution in [1.82, 2.24) is 0 Å². The van der Waals surface area contributed by atoms with Crippen LogP contribution in [0, 0.1) is 29.1 Å². The standard InChI is InChI=1S/C14H8F5OPS3/c15-9-10(16)12(18)14(13(19)11(9)17)24-21(22)20-6-8(23-21)7-4-2-1-3-5-7/h1-5,8H,6H2. The number of rotatable bonds is 3. The molecule has 2 atom stereocenters. The molecule has 128 valence electrons. The first-order valence-corrected chi connectivity index (χ1v) is 12.1. The van der Waals surface area contributed by atoms with Crippen molar-refractivity contribution >= 4 is 39.2 Å². The van der Waals surface area contributed by atoms with Crippen molar-refractivity contribution in [3.05, 3.63) is 65.0 Å². The van der Waals surface area contributed by atoms with E-state index in [1.54, 1.807) is 0 Å². The first kappa shape index (κ1) is 18.2. The van der Waals surface area contributed by atoms with Crippen LogP contribution in [0.25, 0.3) is 0 Å². The zero-order valence-electron chi connectivity index (χ0n) is 11.6. The van der Waals surface area contributed by atoms with E-state index in [1.807, 2.05) is 30.3 Å². The highest BCUT2D eigenvalue weighted by molar-refractivity contribution is 8.99. The van der Waals surface area contributed by atoms with Gasteiger partial charge >= 0.3 is 0 Å². The molecule has 0 radical (unpaired) electrons. The Kier molecular flexibility index (Phi) is 5.28. The monoisotopic (exact) mass is 414 g/mol. The first-order valence-electron chi connectivity index (χ1n) is 6.51. The summed E-state index contributed by atoms with van der Waals surface area (Å²) in [7, 11) is 0. The highest BCUT2D eigenvalue weighted by Crippen LogP contribution is 2.80. The summed E-state index contributed by atoms with van der Waals surface area (Å²) in [5.74, 6) is -9.92. The fourth-order valence-corrected chi connectivity index (χ4v) is 11.1. The molecule has 0 spiro atoms. The molecule has 2 aromatic carbocycles. The molecule has 1 heterocycles. The van der Waals surface area contributed by atoms with Gasteiger partial charge in [0.2, 0.25) is 5.82 Å². The lowest BCUT2D eigenvalue weighted by atomic mass is 10.2. The second-order valence-electron chi connectivity index (χ2n) is 4.74. The second-order valence-corrected chi connectivity index (χ2v) is 15.1. The van der Waals surface area contributed by atoms with Crippen LogP contribution in [0.1, 0.15) is 10.8 Å². The Bertz CT molecular complexity index is 804. The molecular weight excluding hydrogens is 406 g/mol. The van der Waals surface area contributed by atoms with Crippen LogP contribution in [0.3, 0.4) is 0 Å². The maximum absolute atomic E-state index is 13.8. The van der Waals surface area contributed by atoms with Crippen LogP contribution in [-0.2, 0) is 16.3 Å². The Morgan fingerprint density at radius 3 is 2.08 bits per heavy atom. The molecule has 0 N–H and O–H groups in total. The highest BCUT2D eigenvalue weighted by Gasteiger charge is 2.38. The van der Waals surface area contributed by atoms with Gasteiger partial charge in [0.1, 0.15) is 0 Å². The van der Waals surface area contributed by atoms with Crippen molar-refractivity contribution < 1.29 is 26.5 Å². The third kappa shape index (κ3) is 3.37. The first-order chi connectivity index (χ1) is 11.3. The molecule has 0 aromatic heterocycles.